The highest BCUT2D eigenvalue weighted by Crippen LogP contribution is 2.31. The van der Waals surface area contributed by atoms with Gasteiger partial charge in [-0.25, -0.2) is 4.79 Å². The monoisotopic (exact) mass is 363 g/mol. The summed E-state index contributed by atoms with van der Waals surface area (Å²) < 4.78 is 5.13. The van der Waals surface area contributed by atoms with Gasteiger partial charge in [0.15, 0.2) is 6.61 Å². The molecule has 7 nitrogen and oxygen atoms in total. The number of para-hydroxylation sites is 2. The molecule has 136 valence electrons. The zero-order valence-corrected chi connectivity index (χ0v) is 14.6. The molecule has 0 aromatic heterocycles. The van der Waals surface area contributed by atoms with Crippen molar-refractivity contribution in [3.05, 3.63) is 59.7 Å². The van der Waals surface area contributed by atoms with Crippen LogP contribution in [0.4, 0.5) is 11.4 Å². The van der Waals surface area contributed by atoms with E-state index in [0.717, 1.165) is 0 Å². The third-order valence-electron chi connectivity index (χ3n) is 4.18. The number of nitriles is 1. The fourth-order valence-corrected chi connectivity index (χ4v) is 2.96. The second kappa shape index (κ2) is 7.70. The molecule has 0 saturated heterocycles. The van der Waals surface area contributed by atoms with E-state index < -0.39 is 18.5 Å². The van der Waals surface area contributed by atoms with E-state index in [4.69, 9.17) is 10.00 Å². The van der Waals surface area contributed by atoms with Crippen molar-refractivity contribution in [1.29, 1.82) is 5.26 Å². The lowest BCUT2D eigenvalue weighted by molar-refractivity contribution is -0.122. The molecule has 0 unspecified atom stereocenters. The van der Waals surface area contributed by atoms with Gasteiger partial charge in [0.25, 0.3) is 5.91 Å². The van der Waals surface area contributed by atoms with Crippen molar-refractivity contribution in [1.82, 2.24) is 0 Å². The van der Waals surface area contributed by atoms with Crippen molar-refractivity contribution in [3.8, 4) is 6.07 Å². The van der Waals surface area contributed by atoms with E-state index in [1.807, 2.05) is 6.07 Å². The van der Waals surface area contributed by atoms with Crippen molar-refractivity contribution < 1.29 is 19.1 Å². The molecule has 0 saturated carbocycles. The molecular weight excluding hydrogens is 346 g/mol. The van der Waals surface area contributed by atoms with Crippen LogP contribution >= 0.6 is 0 Å². The van der Waals surface area contributed by atoms with Crippen LogP contribution in [0.5, 0.6) is 0 Å². The van der Waals surface area contributed by atoms with Gasteiger partial charge in [-0.05, 0) is 37.3 Å². The number of nitrogens with one attached hydrogen (secondary N) is 1. The Morgan fingerprint density at radius 3 is 2.81 bits per heavy atom. The van der Waals surface area contributed by atoms with E-state index >= 15 is 0 Å². The van der Waals surface area contributed by atoms with Crippen LogP contribution in [0.25, 0.3) is 0 Å². The van der Waals surface area contributed by atoms with Crippen LogP contribution in [0.15, 0.2) is 48.5 Å². The van der Waals surface area contributed by atoms with Crippen LogP contribution in [0.3, 0.4) is 0 Å². The molecule has 0 fully saturated rings. The van der Waals surface area contributed by atoms with Gasteiger partial charge >= 0.3 is 5.97 Å². The second-order valence-electron chi connectivity index (χ2n) is 6.15. The van der Waals surface area contributed by atoms with Crippen LogP contribution in [0.1, 0.15) is 29.3 Å². The summed E-state index contributed by atoms with van der Waals surface area (Å²) in [6.07, 6.45) is 0.137. The van der Waals surface area contributed by atoms with Gasteiger partial charge in [-0.15, -0.1) is 0 Å². The SMILES string of the molecule is C[C@@H]1CC(=O)Nc2ccccc2N1C(=O)COC(=O)c1cccc(C#N)c1. The maximum Gasteiger partial charge on any atom is 0.338 e. The minimum Gasteiger partial charge on any atom is -0.452 e. The normalized spacial score (nSPS) is 15.8. The summed E-state index contributed by atoms with van der Waals surface area (Å²) in [6, 6.07) is 14.6. The number of anilines is 2. The largest absolute Gasteiger partial charge is 0.452 e. The first-order valence-corrected chi connectivity index (χ1v) is 8.38. The predicted octanol–water partition coefficient (Wildman–Crippen LogP) is 2.48. The molecule has 0 aliphatic carbocycles. The maximum absolute atomic E-state index is 12.7. The lowest BCUT2D eigenvalue weighted by Gasteiger charge is -2.27. The Morgan fingerprint density at radius 1 is 1.26 bits per heavy atom. The minimum atomic E-state index is -0.689. The molecule has 0 radical (unpaired) electrons. The first kappa shape index (κ1) is 18.1. The number of ether oxygens (including phenoxy) is 1. The highest BCUT2D eigenvalue weighted by Gasteiger charge is 2.30. The fourth-order valence-electron chi connectivity index (χ4n) is 2.96. The fraction of sp³-hybridized carbons (Fsp3) is 0.200. The zero-order valence-electron chi connectivity index (χ0n) is 14.6. The van der Waals surface area contributed by atoms with Crippen molar-refractivity contribution in [2.45, 2.75) is 19.4 Å². The summed E-state index contributed by atoms with van der Waals surface area (Å²) in [5, 5.41) is 11.7. The lowest BCUT2D eigenvalue weighted by Crippen LogP contribution is -2.41. The van der Waals surface area contributed by atoms with Gasteiger partial charge in [0, 0.05) is 12.5 Å². The molecule has 1 N–H and O–H groups in total. The number of hydrogen-bond donors (Lipinski definition) is 1. The number of amides is 2. The topological polar surface area (TPSA) is 99.5 Å². The van der Waals surface area contributed by atoms with Gasteiger partial charge in [0.1, 0.15) is 0 Å². The van der Waals surface area contributed by atoms with Crippen LogP contribution in [-0.4, -0.2) is 30.4 Å². The van der Waals surface area contributed by atoms with Crippen LogP contribution < -0.4 is 10.2 Å². The summed E-state index contributed by atoms with van der Waals surface area (Å²) in [5.41, 5.74) is 1.62. The molecule has 0 bridgehead atoms. The van der Waals surface area contributed by atoms with Crippen molar-refractivity contribution in [2.24, 2.45) is 0 Å². The van der Waals surface area contributed by atoms with Gasteiger partial charge in [-0.2, -0.15) is 5.26 Å². The lowest BCUT2D eigenvalue weighted by atomic mass is 10.1. The van der Waals surface area contributed by atoms with E-state index in [2.05, 4.69) is 5.32 Å². The number of carbonyl (C=O) groups is 3. The van der Waals surface area contributed by atoms with Gasteiger partial charge in [0.2, 0.25) is 5.91 Å². The standard InChI is InChI=1S/C20H17N3O4/c1-13-9-18(24)22-16-7-2-3-8-17(16)23(13)19(25)12-27-20(26)15-6-4-5-14(10-15)11-21/h2-8,10,13H,9,12H2,1H3,(H,22,24)/t13-/m1/s1. The number of esters is 1. The number of rotatable bonds is 3. The van der Waals surface area contributed by atoms with Crippen LogP contribution in [0, 0.1) is 11.3 Å². The number of benzene rings is 2. The van der Waals surface area contributed by atoms with Crippen molar-refractivity contribution in [3.63, 3.8) is 0 Å². The Bertz CT molecular complexity index is 948. The van der Waals surface area contributed by atoms with E-state index in [1.165, 1.54) is 17.0 Å². The van der Waals surface area contributed by atoms with E-state index in [1.54, 1.807) is 43.3 Å². The maximum atomic E-state index is 12.7. The van der Waals surface area contributed by atoms with E-state index in [-0.39, 0.29) is 23.9 Å². The first-order chi connectivity index (χ1) is 13.0. The molecule has 0 spiro atoms. The highest BCUT2D eigenvalue weighted by atomic mass is 16.5. The van der Waals surface area contributed by atoms with E-state index in [9.17, 15) is 14.4 Å². The molecule has 1 atom stereocenters. The summed E-state index contributed by atoms with van der Waals surface area (Å²) in [4.78, 5) is 38.4. The number of nitrogens with zero attached hydrogens (tertiary/aromatic N) is 2. The first-order valence-electron chi connectivity index (χ1n) is 8.38. The van der Waals surface area contributed by atoms with Crippen LogP contribution in [-0.2, 0) is 14.3 Å². The van der Waals surface area contributed by atoms with Crippen LogP contribution in [0.2, 0.25) is 0 Å². The number of hydrogen-bond acceptors (Lipinski definition) is 5. The van der Waals surface area contributed by atoms with Crippen molar-refractivity contribution in [2.75, 3.05) is 16.8 Å². The highest BCUT2D eigenvalue weighted by molar-refractivity contribution is 6.05. The molecule has 1 aliphatic heterocycles. The molecule has 3 rings (SSSR count). The van der Waals surface area contributed by atoms with E-state index in [0.29, 0.717) is 16.9 Å². The molecule has 1 aliphatic rings. The van der Waals surface area contributed by atoms with Gasteiger partial charge < -0.3 is 15.0 Å². The molecule has 2 amide bonds. The summed E-state index contributed by atoms with van der Waals surface area (Å²) in [6.45, 7) is 1.29. The van der Waals surface area contributed by atoms with Gasteiger partial charge in [-0.3, -0.25) is 9.59 Å². The second-order valence-corrected chi connectivity index (χ2v) is 6.15. The molecule has 2 aromatic carbocycles. The predicted molar refractivity (Wildman–Crippen MR) is 98.1 cm³/mol. The Morgan fingerprint density at radius 2 is 2.04 bits per heavy atom. The smallest absolute Gasteiger partial charge is 0.338 e. The molecular formula is C20H17N3O4. The number of fused-ring (bicyclic) bond motifs is 1. The summed E-state index contributed by atoms with van der Waals surface area (Å²) >= 11 is 0. The average Bonchev–Trinajstić information content (AvgIpc) is 2.80. The third-order valence-corrected chi connectivity index (χ3v) is 4.18. The van der Waals surface area contributed by atoms with Crippen molar-refractivity contribution >= 4 is 29.2 Å². The minimum absolute atomic E-state index is 0.137. The molecule has 7 heteroatoms. The molecule has 1 heterocycles. The molecule has 2 aromatic rings. The number of carbonyl (C=O) groups excluding carboxylic acids is 3. The van der Waals surface area contributed by atoms with Gasteiger partial charge in [0.05, 0.1) is 28.6 Å². The Hall–Kier alpha value is -3.66. The quantitative estimate of drug-likeness (QED) is 0.845. The summed E-state index contributed by atoms with van der Waals surface area (Å²) in [5.74, 6) is -1.31. The molecule has 27 heavy (non-hydrogen) atoms. The average molecular weight is 363 g/mol. The third kappa shape index (κ3) is 3.96. The Labute approximate surface area is 156 Å². The Kier molecular flexibility index (Phi) is 5.18. The zero-order chi connectivity index (χ0) is 19.4. The Balaban J connectivity index is 1.76. The van der Waals surface area contributed by atoms with Gasteiger partial charge in [-0.1, -0.05) is 18.2 Å². The summed E-state index contributed by atoms with van der Waals surface area (Å²) in [7, 11) is 0.